The fraction of sp³-hybridized carbons (Fsp3) is 0.294. The standard InChI is InChI=1S/C34H28ClF2N3O5/c1-2-39-30(42)22-15-14-21-24(27(22)32(39)44)16-25-31(43)40(38-20-12-10-19(36)11-13-20)33(45)34(25,17-6-8-18(35)9-7-17)28(21)23-4-3-5-26(37)29(23)41/h3-14,22,24-25,27-28,38,41H,2,15-16H2,1H3. The molecule has 7 rings (SSSR count). The number of rotatable bonds is 5. The van der Waals surface area contributed by atoms with Crippen molar-refractivity contribution in [1.29, 1.82) is 0 Å². The number of fused-ring (bicyclic) bond motifs is 4. The zero-order chi connectivity index (χ0) is 31.8. The van der Waals surface area contributed by atoms with Gasteiger partial charge in [0.15, 0.2) is 11.6 Å². The second-order valence-corrected chi connectivity index (χ2v) is 12.4. The Morgan fingerprint density at radius 1 is 0.933 bits per heavy atom. The highest BCUT2D eigenvalue weighted by Crippen LogP contribution is 2.65. The van der Waals surface area contributed by atoms with E-state index in [1.807, 2.05) is 6.08 Å². The van der Waals surface area contributed by atoms with E-state index in [0.29, 0.717) is 16.2 Å². The van der Waals surface area contributed by atoms with Gasteiger partial charge in [0.05, 0.1) is 28.9 Å². The molecule has 2 aliphatic carbocycles. The fourth-order valence-corrected chi connectivity index (χ4v) is 8.27. The van der Waals surface area contributed by atoms with Crippen LogP contribution in [-0.4, -0.2) is 45.2 Å². The topological polar surface area (TPSA) is 107 Å². The highest BCUT2D eigenvalue weighted by molar-refractivity contribution is 6.30. The Hall–Kier alpha value is -4.57. The van der Waals surface area contributed by atoms with Crippen molar-refractivity contribution >= 4 is 40.9 Å². The molecule has 45 heavy (non-hydrogen) atoms. The smallest absolute Gasteiger partial charge is 0.260 e. The van der Waals surface area contributed by atoms with Gasteiger partial charge in [-0.05, 0) is 73.7 Å². The quantitative estimate of drug-likeness (QED) is 0.291. The van der Waals surface area contributed by atoms with Crippen LogP contribution in [0.15, 0.2) is 78.4 Å². The summed E-state index contributed by atoms with van der Waals surface area (Å²) in [5, 5.41) is 12.5. The molecule has 4 aliphatic rings. The average molecular weight is 632 g/mol. The van der Waals surface area contributed by atoms with Gasteiger partial charge < -0.3 is 5.11 Å². The number of anilines is 1. The Bertz CT molecular complexity index is 1800. The summed E-state index contributed by atoms with van der Waals surface area (Å²) in [5.41, 5.74) is 2.50. The lowest BCUT2D eigenvalue weighted by Gasteiger charge is -2.50. The van der Waals surface area contributed by atoms with Gasteiger partial charge in [-0.25, -0.2) is 8.78 Å². The van der Waals surface area contributed by atoms with E-state index in [1.54, 1.807) is 31.2 Å². The van der Waals surface area contributed by atoms with E-state index < -0.39 is 64.2 Å². The summed E-state index contributed by atoms with van der Waals surface area (Å²) in [5.74, 6) is -8.21. The molecule has 2 saturated heterocycles. The first-order valence-electron chi connectivity index (χ1n) is 14.8. The number of likely N-dealkylation sites (tertiary alicyclic amines) is 1. The summed E-state index contributed by atoms with van der Waals surface area (Å²) in [6.45, 7) is 1.92. The van der Waals surface area contributed by atoms with Gasteiger partial charge in [-0.2, -0.15) is 5.01 Å². The number of amides is 4. The Morgan fingerprint density at radius 2 is 1.64 bits per heavy atom. The minimum Gasteiger partial charge on any atom is -0.505 e. The van der Waals surface area contributed by atoms with Crippen molar-refractivity contribution in [3.8, 4) is 5.75 Å². The first-order chi connectivity index (χ1) is 21.6. The van der Waals surface area contributed by atoms with Crippen LogP contribution < -0.4 is 5.43 Å². The van der Waals surface area contributed by atoms with E-state index >= 15 is 4.39 Å². The SMILES string of the molecule is CCN1C(=O)C2CC=C3C(CC4C(=O)N(Nc5ccc(F)cc5)C(=O)C4(c4ccc(Cl)cc4)C3c3cccc(F)c3O)C2C1=O. The highest BCUT2D eigenvalue weighted by atomic mass is 35.5. The van der Waals surface area contributed by atoms with Crippen LogP contribution in [0.2, 0.25) is 5.02 Å². The number of carbonyl (C=O) groups is 4. The van der Waals surface area contributed by atoms with Gasteiger partial charge in [0, 0.05) is 23.0 Å². The molecule has 3 fully saturated rings. The van der Waals surface area contributed by atoms with Gasteiger partial charge in [-0.15, -0.1) is 0 Å². The van der Waals surface area contributed by atoms with Gasteiger partial charge in [0.25, 0.3) is 11.8 Å². The normalized spacial score (nSPS) is 29.0. The van der Waals surface area contributed by atoms with Crippen LogP contribution in [0.4, 0.5) is 14.5 Å². The molecule has 2 N–H and O–H groups in total. The predicted molar refractivity (Wildman–Crippen MR) is 159 cm³/mol. The van der Waals surface area contributed by atoms with Gasteiger partial charge in [-0.1, -0.05) is 47.5 Å². The second kappa shape index (κ2) is 10.5. The summed E-state index contributed by atoms with van der Waals surface area (Å²) in [7, 11) is 0. The maximum Gasteiger partial charge on any atom is 0.260 e. The number of para-hydroxylation sites is 1. The molecule has 0 bridgehead atoms. The third-order valence-corrected chi connectivity index (χ3v) is 10.2. The molecule has 1 saturated carbocycles. The molecule has 6 atom stereocenters. The van der Waals surface area contributed by atoms with Gasteiger partial charge in [0.1, 0.15) is 5.82 Å². The summed E-state index contributed by atoms with van der Waals surface area (Å²) < 4.78 is 28.8. The van der Waals surface area contributed by atoms with Crippen molar-refractivity contribution in [2.24, 2.45) is 23.7 Å². The number of halogens is 3. The molecular weight excluding hydrogens is 604 g/mol. The number of phenols is 1. The van der Waals surface area contributed by atoms with Crippen molar-refractivity contribution in [3.05, 3.63) is 106 Å². The van der Waals surface area contributed by atoms with Crippen molar-refractivity contribution in [1.82, 2.24) is 9.91 Å². The van der Waals surface area contributed by atoms with Gasteiger partial charge >= 0.3 is 0 Å². The number of imide groups is 2. The lowest BCUT2D eigenvalue weighted by Crippen LogP contribution is -2.53. The number of hydrogen-bond donors (Lipinski definition) is 2. The number of nitrogens with one attached hydrogen (secondary N) is 1. The van der Waals surface area contributed by atoms with Crippen LogP contribution in [0.25, 0.3) is 0 Å². The molecule has 230 valence electrons. The van der Waals surface area contributed by atoms with Crippen molar-refractivity contribution in [2.75, 3.05) is 12.0 Å². The summed E-state index contributed by atoms with van der Waals surface area (Å²) >= 11 is 6.25. The predicted octanol–water partition coefficient (Wildman–Crippen LogP) is 5.33. The zero-order valence-corrected chi connectivity index (χ0v) is 24.8. The monoisotopic (exact) mass is 631 g/mol. The number of carbonyl (C=O) groups excluding carboxylic acids is 4. The Morgan fingerprint density at radius 3 is 2.33 bits per heavy atom. The van der Waals surface area contributed by atoms with Crippen LogP contribution in [0.1, 0.15) is 36.8 Å². The number of aromatic hydroxyl groups is 1. The van der Waals surface area contributed by atoms with Crippen molar-refractivity contribution < 1.29 is 33.1 Å². The largest absolute Gasteiger partial charge is 0.505 e. The Kier molecular flexibility index (Phi) is 6.81. The molecule has 11 heteroatoms. The molecule has 2 aliphatic heterocycles. The molecule has 4 amide bonds. The summed E-state index contributed by atoms with van der Waals surface area (Å²) in [4.78, 5) is 57.6. The number of phenolic OH excluding ortho intramolecular Hbond substituents is 1. The van der Waals surface area contributed by atoms with Crippen LogP contribution in [0.5, 0.6) is 5.75 Å². The number of nitrogens with zero attached hydrogens (tertiary/aromatic N) is 2. The zero-order valence-electron chi connectivity index (χ0n) is 24.0. The van der Waals surface area contributed by atoms with E-state index in [1.165, 1.54) is 41.3 Å². The molecular formula is C34H28ClF2N3O5. The summed E-state index contributed by atoms with van der Waals surface area (Å²) in [6.07, 6.45) is 2.09. The maximum atomic E-state index is 15.1. The van der Waals surface area contributed by atoms with Gasteiger partial charge in [0.2, 0.25) is 11.8 Å². The minimum atomic E-state index is -1.70. The van der Waals surface area contributed by atoms with E-state index in [0.717, 1.165) is 11.1 Å². The van der Waals surface area contributed by atoms with Crippen LogP contribution in [0.3, 0.4) is 0 Å². The van der Waals surface area contributed by atoms with E-state index in [9.17, 15) is 28.7 Å². The van der Waals surface area contributed by atoms with E-state index in [-0.39, 0.29) is 42.5 Å². The maximum absolute atomic E-state index is 15.1. The molecule has 6 unspecified atom stereocenters. The minimum absolute atomic E-state index is 0.0466. The van der Waals surface area contributed by atoms with Crippen LogP contribution in [0, 0.1) is 35.3 Å². The molecule has 3 aromatic rings. The van der Waals surface area contributed by atoms with Crippen molar-refractivity contribution in [3.63, 3.8) is 0 Å². The van der Waals surface area contributed by atoms with E-state index in [4.69, 9.17) is 11.6 Å². The second-order valence-electron chi connectivity index (χ2n) is 12.0. The van der Waals surface area contributed by atoms with Crippen LogP contribution >= 0.6 is 11.6 Å². The van der Waals surface area contributed by atoms with Gasteiger partial charge in [-0.3, -0.25) is 29.5 Å². The molecule has 0 spiro atoms. The number of allylic oxidation sites excluding steroid dienone is 2. The Balaban J connectivity index is 1.48. The van der Waals surface area contributed by atoms with E-state index in [2.05, 4.69) is 5.43 Å². The number of benzene rings is 3. The lowest BCUT2D eigenvalue weighted by molar-refractivity contribution is -0.141. The Labute approximate surface area is 262 Å². The highest BCUT2D eigenvalue weighted by Gasteiger charge is 2.70. The number of hydrogen-bond acceptors (Lipinski definition) is 6. The first-order valence-corrected chi connectivity index (χ1v) is 15.2. The molecule has 0 aromatic heterocycles. The third kappa shape index (κ3) is 4.08. The summed E-state index contributed by atoms with van der Waals surface area (Å²) in [6, 6.07) is 15.6. The molecule has 8 nitrogen and oxygen atoms in total. The molecule has 2 heterocycles. The molecule has 3 aromatic carbocycles. The fourth-order valence-electron chi connectivity index (χ4n) is 8.14. The first kappa shape index (κ1) is 29.2. The van der Waals surface area contributed by atoms with Crippen molar-refractivity contribution in [2.45, 2.75) is 31.1 Å². The van der Waals surface area contributed by atoms with Crippen LogP contribution in [-0.2, 0) is 24.6 Å². The number of hydrazine groups is 1. The third-order valence-electron chi connectivity index (χ3n) is 9.99. The average Bonchev–Trinajstić information content (AvgIpc) is 3.40. The lowest BCUT2D eigenvalue weighted by atomic mass is 9.49. The molecule has 0 radical (unpaired) electrons.